The van der Waals surface area contributed by atoms with Gasteiger partial charge in [0.15, 0.2) is 0 Å². The van der Waals surface area contributed by atoms with E-state index in [2.05, 4.69) is 35.5 Å². The highest BCUT2D eigenvalue weighted by Gasteiger charge is 2.16. The lowest BCUT2D eigenvalue weighted by Gasteiger charge is -2.06. The molecular weight excluding hydrogens is 310 g/mol. The van der Waals surface area contributed by atoms with Crippen molar-refractivity contribution in [1.29, 1.82) is 0 Å². The molecule has 0 saturated heterocycles. The molecule has 18 heavy (non-hydrogen) atoms. The summed E-state index contributed by atoms with van der Waals surface area (Å²) in [5.41, 5.74) is 0. The minimum absolute atomic E-state index is 0.00426. The Morgan fingerprint density at radius 3 is 2.72 bits per heavy atom. The van der Waals surface area contributed by atoms with Crippen molar-refractivity contribution in [3.8, 4) is 0 Å². The molecule has 0 aliphatic heterocycles. The summed E-state index contributed by atoms with van der Waals surface area (Å²) in [4.78, 5) is 25.7. The van der Waals surface area contributed by atoms with Crippen LogP contribution in [0.25, 0.3) is 0 Å². The quantitative estimate of drug-likeness (QED) is 0.551. The molecular formula is C9H12BrN3O5. The first-order valence-corrected chi connectivity index (χ1v) is 5.73. The number of hydrogen-bond acceptors (Lipinski definition) is 7. The molecule has 0 spiro atoms. The number of hydrogen-bond donors (Lipinski definition) is 0. The lowest BCUT2D eigenvalue weighted by molar-refractivity contribution is -0.142. The summed E-state index contributed by atoms with van der Waals surface area (Å²) in [7, 11) is 1.25. The summed E-state index contributed by atoms with van der Waals surface area (Å²) in [6, 6.07) is 0. The van der Waals surface area contributed by atoms with Crippen LogP contribution < -0.4 is 0 Å². The highest BCUT2D eigenvalue weighted by atomic mass is 79.9. The number of methoxy groups -OCH3 is 1. The van der Waals surface area contributed by atoms with Gasteiger partial charge in [-0.1, -0.05) is 0 Å². The maximum absolute atomic E-state index is 11.3. The zero-order chi connectivity index (χ0) is 13.5. The Morgan fingerprint density at radius 1 is 1.39 bits per heavy atom. The molecule has 1 heterocycles. The van der Waals surface area contributed by atoms with Gasteiger partial charge in [-0.25, -0.2) is 9.48 Å². The average Bonchev–Trinajstić information content (AvgIpc) is 2.68. The normalized spacial score (nSPS) is 10.2. The van der Waals surface area contributed by atoms with Crippen LogP contribution in [0, 0.1) is 0 Å². The van der Waals surface area contributed by atoms with E-state index >= 15 is 0 Å². The lowest BCUT2D eigenvalue weighted by atomic mass is 10.6. The van der Waals surface area contributed by atoms with E-state index in [1.807, 2.05) is 0 Å². The maximum Gasteiger partial charge on any atom is 0.375 e. The molecule has 0 atom stereocenters. The Morgan fingerprint density at radius 2 is 2.11 bits per heavy atom. The van der Waals surface area contributed by atoms with Crippen LogP contribution in [0.15, 0.2) is 4.73 Å². The van der Waals surface area contributed by atoms with Crippen LogP contribution in [-0.4, -0.2) is 47.0 Å². The van der Waals surface area contributed by atoms with Gasteiger partial charge in [0.25, 0.3) is 0 Å². The smallest absolute Gasteiger partial charge is 0.375 e. The van der Waals surface area contributed by atoms with Gasteiger partial charge in [0.2, 0.25) is 10.6 Å². The van der Waals surface area contributed by atoms with E-state index in [9.17, 15) is 9.59 Å². The molecule has 1 rings (SSSR count). The molecule has 0 saturated carbocycles. The first-order valence-electron chi connectivity index (χ1n) is 4.94. The number of aromatic nitrogens is 3. The Labute approximate surface area is 111 Å². The van der Waals surface area contributed by atoms with E-state index in [1.165, 1.54) is 18.7 Å². The van der Waals surface area contributed by atoms with Crippen molar-refractivity contribution in [2.45, 2.75) is 13.7 Å². The van der Waals surface area contributed by atoms with Gasteiger partial charge in [0.1, 0.15) is 13.3 Å². The van der Waals surface area contributed by atoms with Crippen molar-refractivity contribution in [3.05, 3.63) is 10.6 Å². The molecule has 0 radical (unpaired) electrons. The van der Waals surface area contributed by atoms with Gasteiger partial charge < -0.3 is 14.2 Å². The predicted molar refractivity (Wildman–Crippen MR) is 61.6 cm³/mol. The third-order valence-electron chi connectivity index (χ3n) is 1.76. The molecule has 1 aromatic heterocycles. The fourth-order valence-electron chi connectivity index (χ4n) is 1.04. The van der Waals surface area contributed by atoms with Gasteiger partial charge in [-0.2, -0.15) is 4.98 Å². The Kier molecular flexibility index (Phi) is 5.72. The summed E-state index contributed by atoms with van der Waals surface area (Å²) >= 11 is 3.05. The van der Waals surface area contributed by atoms with Crippen LogP contribution >= 0.6 is 15.9 Å². The Balaban J connectivity index is 2.46. The Bertz CT molecular complexity index is 434. The summed E-state index contributed by atoms with van der Waals surface area (Å²) in [5, 5.41) is 3.90. The van der Waals surface area contributed by atoms with E-state index in [4.69, 9.17) is 4.74 Å². The minimum Gasteiger partial charge on any atom is -0.463 e. The molecule has 0 aliphatic rings. The lowest BCUT2D eigenvalue weighted by Crippen LogP contribution is -2.16. The monoisotopic (exact) mass is 321 g/mol. The second kappa shape index (κ2) is 7.07. The second-order valence-electron chi connectivity index (χ2n) is 3.07. The van der Waals surface area contributed by atoms with E-state index < -0.39 is 5.97 Å². The van der Waals surface area contributed by atoms with E-state index in [-0.39, 0.29) is 36.5 Å². The molecule has 0 unspecified atom stereocenters. The predicted octanol–water partition coefficient (Wildman–Crippen LogP) is 0.364. The van der Waals surface area contributed by atoms with Crippen molar-refractivity contribution in [1.82, 2.24) is 14.8 Å². The van der Waals surface area contributed by atoms with Gasteiger partial charge >= 0.3 is 11.9 Å². The molecule has 9 heteroatoms. The van der Waals surface area contributed by atoms with Gasteiger partial charge in [0, 0.05) is 6.92 Å². The third kappa shape index (κ3) is 4.41. The number of nitrogens with zero attached hydrogens (tertiary/aromatic N) is 3. The summed E-state index contributed by atoms with van der Waals surface area (Å²) in [5.74, 6) is -0.967. The first kappa shape index (κ1) is 14.6. The number of halogens is 1. The topological polar surface area (TPSA) is 92.5 Å². The SMILES string of the molecule is COC(=O)c1nc(Br)nn1COCCOC(C)=O. The van der Waals surface area contributed by atoms with Crippen molar-refractivity contribution < 1.29 is 23.8 Å². The molecule has 0 aromatic carbocycles. The van der Waals surface area contributed by atoms with Gasteiger partial charge in [-0.3, -0.25) is 4.79 Å². The fraction of sp³-hybridized carbons (Fsp3) is 0.556. The van der Waals surface area contributed by atoms with Crippen molar-refractivity contribution in [2.75, 3.05) is 20.3 Å². The van der Waals surface area contributed by atoms with Crippen LogP contribution in [0.5, 0.6) is 0 Å². The molecule has 100 valence electrons. The van der Waals surface area contributed by atoms with Crippen LogP contribution in [0.3, 0.4) is 0 Å². The first-order chi connectivity index (χ1) is 8.54. The Hall–Kier alpha value is -1.48. The van der Waals surface area contributed by atoms with Crippen molar-refractivity contribution >= 4 is 27.9 Å². The summed E-state index contributed by atoms with van der Waals surface area (Å²) in [6.07, 6.45) is 0. The molecule has 1 aromatic rings. The van der Waals surface area contributed by atoms with Crippen LogP contribution in [0.4, 0.5) is 0 Å². The highest BCUT2D eigenvalue weighted by molar-refractivity contribution is 9.10. The molecule has 8 nitrogen and oxygen atoms in total. The van der Waals surface area contributed by atoms with Gasteiger partial charge in [0.05, 0.1) is 13.7 Å². The second-order valence-corrected chi connectivity index (χ2v) is 3.78. The number of carbonyl (C=O) groups excluding carboxylic acids is 2. The minimum atomic E-state index is -0.614. The van der Waals surface area contributed by atoms with Crippen LogP contribution in [0.1, 0.15) is 17.5 Å². The number of ether oxygens (including phenoxy) is 3. The highest BCUT2D eigenvalue weighted by Crippen LogP contribution is 2.06. The average molecular weight is 322 g/mol. The van der Waals surface area contributed by atoms with Gasteiger partial charge in [-0.05, 0) is 15.9 Å². The van der Waals surface area contributed by atoms with E-state index in [0.717, 1.165) is 0 Å². The largest absolute Gasteiger partial charge is 0.463 e. The van der Waals surface area contributed by atoms with Crippen molar-refractivity contribution in [3.63, 3.8) is 0 Å². The van der Waals surface area contributed by atoms with E-state index in [0.29, 0.717) is 0 Å². The number of esters is 2. The zero-order valence-electron chi connectivity index (χ0n) is 9.88. The molecule has 0 fully saturated rings. The molecule has 0 bridgehead atoms. The third-order valence-corrected chi connectivity index (χ3v) is 2.10. The van der Waals surface area contributed by atoms with Crippen LogP contribution in [0.2, 0.25) is 0 Å². The fourth-order valence-corrected chi connectivity index (χ4v) is 1.40. The zero-order valence-corrected chi connectivity index (χ0v) is 11.5. The van der Waals surface area contributed by atoms with Crippen LogP contribution in [-0.2, 0) is 25.7 Å². The summed E-state index contributed by atoms with van der Waals surface area (Å²) in [6.45, 7) is 1.64. The van der Waals surface area contributed by atoms with E-state index in [1.54, 1.807) is 0 Å². The molecule has 0 N–H and O–H groups in total. The number of carbonyl (C=O) groups is 2. The van der Waals surface area contributed by atoms with Crippen molar-refractivity contribution in [2.24, 2.45) is 0 Å². The molecule has 0 amide bonds. The maximum atomic E-state index is 11.3. The summed E-state index contributed by atoms with van der Waals surface area (Å²) < 4.78 is 15.9. The number of rotatable bonds is 6. The molecule has 0 aliphatic carbocycles. The van der Waals surface area contributed by atoms with Gasteiger partial charge in [-0.15, -0.1) is 5.10 Å². The standard InChI is InChI=1S/C9H12BrN3O5/c1-6(14)18-4-3-17-5-13-7(8(15)16-2)11-9(10)12-13/h3-5H2,1-2H3.